The summed E-state index contributed by atoms with van der Waals surface area (Å²) in [6.07, 6.45) is 1.75. The van der Waals surface area contributed by atoms with Gasteiger partial charge in [0.25, 0.3) is 0 Å². The Hall–Kier alpha value is -2.05. The van der Waals surface area contributed by atoms with Crippen molar-refractivity contribution in [3.05, 3.63) is 46.7 Å². The number of nitrogen functional groups attached to an aromatic ring is 1. The molecular weight excluding hydrogens is 332 g/mol. The number of nitrogens with two attached hydrogens (primary N) is 1. The second-order valence-corrected chi connectivity index (χ2v) is 5.30. The molecule has 0 bridgehead atoms. The monoisotopic (exact) mass is 344 g/mol. The first-order valence-electron chi connectivity index (χ1n) is 6.35. The molecule has 21 heavy (non-hydrogen) atoms. The Balaban J connectivity index is 2.23. The lowest BCUT2D eigenvalue weighted by molar-refractivity contribution is 0.181. The normalized spacial score (nSPS) is 11.0. The fourth-order valence-electron chi connectivity index (χ4n) is 2.15. The quantitative estimate of drug-likeness (QED) is 0.789. The number of para-hydroxylation sites is 1. The van der Waals surface area contributed by atoms with Crippen molar-refractivity contribution < 1.29 is 4.74 Å². The lowest BCUT2D eigenvalue weighted by Crippen LogP contribution is -2.04. The number of hydrogen-bond donors (Lipinski definition) is 1. The van der Waals surface area contributed by atoms with Crippen molar-refractivity contribution in [3.8, 4) is 11.4 Å². The van der Waals surface area contributed by atoms with Gasteiger partial charge in [0, 0.05) is 24.3 Å². The van der Waals surface area contributed by atoms with Crippen LogP contribution in [0.3, 0.4) is 0 Å². The summed E-state index contributed by atoms with van der Waals surface area (Å²) in [5, 5.41) is 1.04. The number of halogens is 1. The van der Waals surface area contributed by atoms with E-state index in [2.05, 4.69) is 30.9 Å². The van der Waals surface area contributed by atoms with E-state index in [1.165, 1.54) is 0 Å². The maximum atomic E-state index is 5.96. The summed E-state index contributed by atoms with van der Waals surface area (Å²) < 4.78 is 5.82. The molecule has 5 nitrogen and oxygen atoms in total. The number of methoxy groups -OCH3 is 1. The molecule has 1 aromatic carbocycles. The summed E-state index contributed by atoms with van der Waals surface area (Å²) in [7, 11) is 1.61. The molecule has 3 rings (SSSR count). The van der Waals surface area contributed by atoms with Crippen LogP contribution in [0.5, 0.6) is 0 Å². The van der Waals surface area contributed by atoms with Gasteiger partial charge in [-0.2, -0.15) is 0 Å². The van der Waals surface area contributed by atoms with Crippen LogP contribution in [0.2, 0.25) is 0 Å². The van der Waals surface area contributed by atoms with Gasteiger partial charge in [-0.05, 0) is 28.1 Å². The molecule has 0 radical (unpaired) electrons. The third-order valence-electron chi connectivity index (χ3n) is 3.10. The zero-order chi connectivity index (χ0) is 14.8. The third kappa shape index (κ3) is 2.59. The van der Waals surface area contributed by atoms with E-state index in [0.717, 1.165) is 16.5 Å². The van der Waals surface area contributed by atoms with E-state index < -0.39 is 0 Å². The van der Waals surface area contributed by atoms with Gasteiger partial charge in [-0.3, -0.25) is 4.98 Å². The van der Waals surface area contributed by atoms with Gasteiger partial charge < -0.3 is 10.5 Å². The number of aromatic nitrogens is 3. The van der Waals surface area contributed by atoms with Crippen LogP contribution in [0.15, 0.2) is 41.0 Å². The molecule has 0 aliphatic carbocycles. The second-order valence-electron chi connectivity index (χ2n) is 4.51. The van der Waals surface area contributed by atoms with Crippen molar-refractivity contribution in [2.24, 2.45) is 0 Å². The molecule has 2 heterocycles. The minimum Gasteiger partial charge on any atom is -0.383 e. The first kappa shape index (κ1) is 13.9. The largest absolute Gasteiger partial charge is 0.383 e. The van der Waals surface area contributed by atoms with E-state index >= 15 is 0 Å². The van der Waals surface area contributed by atoms with Crippen LogP contribution >= 0.6 is 15.9 Å². The number of fused-ring (bicyclic) bond motifs is 1. The predicted octanol–water partition coefficient (Wildman–Crippen LogP) is 3.18. The SMILES string of the molecule is COCc1nc(-c2cccc3cccnc23)nc(N)c1Br. The number of rotatable bonds is 3. The van der Waals surface area contributed by atoms with Crippen LogP contribution in [0.1, 0.15) is 5.69 Å². The molecule has 0 atom stereocenters. The van der Waals surface area contributed by atoms with E-state index in [-0.39, 0.29) is 0 Å². The first-order valence-corrected chi connectivity index (χ1v) is 7.15. The van der Waals surface area contributed by atoms with Crippen molar-refractivity contribution >= 4 is 32.7 Å². The highest BCUT2D eigenvalue weighted by Crippen LogP contribution is 2.29. The van der Waals surface area contributed by atoms with Gasteiger partial charge in [0.15, 0.2) is 5.82 Å². The fourth-order valence-corrected chi connectivity index (χ4v) is 2.44. The molecule has 3 aromatic rings. The summed E-state index contributed by atoms with van der Waals surface area (Å²) in [5.74, 6) is 0.937. The Morgan fingerprint density at radius 3 is 2.81 bits per heavy atom. The lowest BCUT2D eigenvalue weighted by atomic mass is 10.1. The number of anilines is 1. The molecule has 0 spiro atoms. The smallest absolute Gasteiger partial charge is 0.164 e. The Bertz CT molecular complexity index is 802. The Kier molecular flexibility index (Phi) is 3.81. The highest BCUT2D eigenvalue weighted by atomic mass is 79.9. The van der Waals surface area contributed by atoms with Crippen LogP contribution in [-0.4, -0.2) is 22.1 Å². The van der Waals surface area contributed by atoms with Crippen molar-refractivity contribution in [2.45, 2.75) is 6.61 Å². The molecule has 0 fully saturated rings. The summed E-state index contributed by atoms with van der Waals surface area (Å²) in [4.78, 5) is 13.3. The van der Waals surface area contributed by atoms with E-state index in [1.807, 2.05) is 30.3 Å². The van der Waals surface area contributed by atoms with Gasteiger partial charge in [0.2, 0.25) is 0 Å². The average molecular weight is 345 g/mol. The average Bonchev–Trinajstić information content (AvgIpc) is 2.51. The van der Waals surface area contributed by atoms with Gasteiger partial charge in [0.05, 0.1) is 22.3 Å². The van der Waals surface area contributed by atoms with E-state index in [9.17, 15) is 0 Å². The van der Waals surface area contributed by atoms with Gasteiger partial charge in [-0.25, -0.2) is 9.97 Å². The summed E-state index contributed by atoms with van der Waals surface area (Å²) in [6, 6.07) is 9.80. The lowest BCUT2D eigenvalue weighted by Gasteiger charge is -2.09. The molecule has 0 unspecified atom stereocenters. The molecule has 6 heteroatoms. The van der Waals surface area contributed by atoms with Gasteiger partial charge in [-0.15, -0.1) is 0 Å². The van der Waals surface area contributed by atoms with Crippen LogP contribution < -0.4 is 5.73 Å². The van der Waals surface area contributed by atoms with Crippen LogP contribution in [0, 0.1) is 0 Å². The van der Waals surface area contributed by atoms with E-state index in [4.69, 9.17) is 10.5 Å². The highest BCUT2D eigenvalue weighted by Gasteiger charge is 2.13. The fraction of sp³-hybridized carbons (Fsp3) is 0.133. The van der Waals surface area contributed by atoms with Gasteiger partial charge in [0.1, 0.15) is 5.82 Å². The maximum absolute atomic E-state index is 5.96. The number of hydrogen-bond acceptors (Lipinski definition) is 5. The van der Waals surface area contributed by atoms with Crippen LogP contribution in [0.4, 0.5) is 5.82 Å². The molecule has 2 N–H and O–H groups in total. The van der Waals surface area contributed by atoms with Gasteiger partial charge in [-0.1, -0.05) is 18.2 Å². The van der Waals surface area contributed by atoms with E-state index in [0.29, 0.717) is 28.4 Å². The highest BCUT2D eigenvalue weighted by molar-refractivity contribution is 9.10. The molecule has 0 saturated heterocycles. The Morgan fingerprint density at radius 1 is 1.19 bits per heavy atom. The van der Waals surface area contributed by atoms with Crippen molar-refractivity contribution in [1.29, 1.82) is 0 Å². The minimum atomic E-state index is 0.360. The predicted molar refractivity (Wildman–Crippen MR) is 85.6 cm³/mol. The standard InChI is InChI=1S/C15H13BrN4O/c1-21-8-11-12(16)14(17)20-15(19-11)10-6-2-4-9-5-3-7-18-13(9)10/h2-7H,8H2,1H3,(H2,17,19,20). The zero-order valence-corrected chi connectivity index (χ0v) is 13.0. The molecular formula is C15H13BrN4O. The van der Waals surface area contributed by atoms with Crippen LogP contribution in [0.25, 0.3) is 22.3 Å². The molecule has 0 amide bonds. The summed E-state index contributed by atoms with van der Waals surface area (Å²) in [6.45, 7) is 0.360. The molecule has 0 aliphatic heterocycles. The minimum absolute atomic E-state index is 0.360. The summed E-state index contributed by atoms with van der Waals surface area (Å²) >= 11 is 3.39. The third-order valence-corrected chi connectivity index (χ3v) is 3.96. The first-order chi connectivity index (χ1) is 10.2. The van der Waals surface area contributed by atoms with E-state index in [1.54, 1.807) is 13.3 Å². The molecule has 106 valence electrons. The Morgan fingerprint density at radius 2 is 2.00 bits per heavy atom. The number of benzene rings is 1. The Labute approximate surface area is 130 Å². The number of nitrogens with zero attached hydrogens (tertiary/aromatic N) is 3. The molecule has 2 aromatic heterocycles. The van der Waals surface area contributed by atoms with Crippen molar-refractivity contribution in [3.63, 3.8) is 0 Å². The van der Waals surface area contributed by atoms with Crippen molar-refractivity contribution in [2.75, 3.05) is 12.8 Å². The van der Waals surface area contributed by atoms with Crippen LogP contribution in [-0.2, 0) is 11.3 Å². The maximum Gasteiger partial charge on any atom is 0.164 e. The summed E-state index contributed by atoms with van der Waals surface area (Å²) in [5.41, 5.74) is 8.38. The zero-order valence-electron chi connectivity index (χ0n) is 11.4. The second kappa shape index (κ2) is 5.75. The number of pyridine rings is 1. The van der Waals surface area contributed by atoms with Gasteiger partial charge >= 0.3 is 0 Å². The van der Waals surface area contributed by atoms with Crippen molar-refractivity contribution in [1.82, 2.24) is 15.0 Å². The molecule has 0 saturated carbocycles. The topological polar surface area (TPSA) is 73.9 Å². The molecule has 0 aliphatic rings. The number of ether oxygens (including phenoxy) is 1.